The molecule has 166 valence electrons. The van der Waals surface area contributed by atoms with Gasteiger partial charge in [0.05, 0.1) is 25.3 Å². The number of pyridine rings is 1. The lowest BCUT2D eigenvalue weighted by molar-refractivity contribution is -0.119. The molecule has 1 atom stereocenters. The maximum Gasteiger partial charge on any atom is 0.414 e. The molecule has 3 amide bonds. The second-order valence-corrected chi connectivity index (χ2v) is 7.32. The number of hydrogen-bond donors (Lipinski definition) is 1. The van der Waals surface area contributed by atoms with E-state index >= 15 is 0 Å². The van der Waals surface area contributed by atoms with Crippen molar-refractivity contribution in [1.29, 1.82) is 0 Å². The molecule has 3 heterocycles. The summed E-state index contributed by atoms with van der Waals surface area (Å²) in [6, 6.07) is 7.94. The van der Waals surface area contributed by atoms with Gasteiger partial charge in [-0.25, -0.2) is 19.2 Å². The summed E-state index contributed by atoms with van der Waals surface area (Å²) < 4.78 is 20.1. The normalized spacial score (nSPS) is 18.0. The monoisotopic (exact) mass is 440 g/mol. The number of cyclic esters (lactones) is 1. The number of aromatic nitrogens is 1. The van der Waals surface area contributed by atoms with Crippen molar-refractivity contribution in [2.24, 2.45) is 5.10 Å². The van der Waals surface area contributed by atoms with Crippen LogP contribution in [0.3, 0.4) is 0 Å². The van der Waals surface area contributed by atoms with E-state index in [0.717, 1.165) is 0 Å². The first-order valence-corrected chi connectivity index (χ1v) is 9.96. The topological polar surface area (TPSA) is 107 Å². The van der Waals surface area contributed by atoms with Crippen molar-refractivity contribution in [2.45, 2.75) is 13.0 Å². The molecule has 2 aromatic rings. The van der Waals surface area contributed by atoms with Crippen LogP contribution < -0.4 is 15.2 Å². The highest BCUT2D eigenvalue weighted by molar-refractivity contribution is 5.90. The lowest BCUT2D eigenvalue weighted by Crippen LogP contribution is -2.37. The number of halogens is 1. The summed E-state index contributed by atoms with van der Waals surface area (Å²) in [4.78, 5) is 41.0. The predicted octanol–water partition coefficient (Wildman–Crippen LogP) is 1.57. The van der Waals surface area contributed by atoms with Crippen molar-refractivity contribution in [3.05, 3.63) is 42.3 Å². The number of nitrogens with zero attached hydrogens (tertiary/aromatic N) is 5. The molecule has 0 bridgehead atoms. The Morgan fingerprint density at radius 1 is 1.31 bits per heavy atom. The molecule has 4 rings (SSSR count). The van der Waals surface area contributed by atoms with Gasteiger partial charge in [-0.1, -0.05) is 0 Å². The van der Waals surface area contributed by atoms with E-state index < -0.39 is 18.0 Å². The van der Waals surface area contributed by atoms with E-state index in [-0.39, 0.29) is 19.0 Å². The van der Waals surface area contributed by atoms with Gasteiger partial charge < -0.3 is 15.0 Å². The minimum Gasteiger partial charge on any atom is -0.442 e. The van der Waals surface area contributed by atoms with Gasteiger partial charge in [0, 0.05) is 30.8 Å². The van der Waals surface area contributed by atoms with E-state index in [2.05, 4.69) is 15.4 Å². The smallest absolute Gasteiger partial charge is 0.414 e. The standard InChI is InChI=1S/C21H21FN6O4/c1-14(30)23-10-17-11-27(21(31)32-17)16-3-4-18(19(22)8-16)15-2-5-20(24-9-15)28-7-6-26(13-29)12-25-28/h2-5,8-9,12-13,17H,6-7,10-11H2,1H3,(H,23,30)/t17-/m0/s1. The van der Waals surface area contributed by atoms with Crippen molar-refractivity contribution < 1.29 is 23.5 Å². The Morgan fingerprint density at radius 3 is 2.78 bits per heavy atom. The summed E-state index contributed by atoms with van der Waals surface area (Å²) >= 11 is 0. The van der Waals surface area contributed by atoms with Gasteiger partial charge in [0.25, 0.3) is 0 Å². The van der Waals surface area contributed by atoms with E-state index in [1.165, 1.54) is 29.1 Å². The van der Waals surface area contributed by atoms with Crippen LogP contribution in [0.1, 0.15) is 6.92 Å². The average molecular weight is 440 g/mol. The fraction of sp³-hybridized carbons (Fsp3) is 0.286. The van der Waals surface area contributed by atoms with Crippen molar-refractivity contribution >= 4 is 36.3 Å². The van der Waals surface area contributed by atoms with Crippen LogP contribution in [0, 0.1) is 5.82 Å². The van der Waals surface area contributed by atoms with E-state index in [9.17, 15) is 18.8 Å². The van der Waals surface area contributed by atoms with Crippen LogP contribution in [-0.2, 0) is 14.3 Å². The lowest BCUT2D eigenvalue weighted by atomic mass is 10.1. The van der Waals surface area contributed by atoms with Crippen LogP contribution in [0.25, 0.3) is 11.1 Å². The molecule has 1 N–H and O–H groups in total. The molecule has 0 unspecified atom stereocenters. The van der Waals surface area contributed by atoms with E-state index in [4.69, 9.17) is 4.74 Å². The molecule has 1 fully saturated rings. The summed E-state index contributed by atoms with van der Waals surface area (Å²) in [5.41, 5.74) is 1.28. The summed E-state index contributed by atoms with van der Waals surface area (Å²) in [5, 5.41) is 8.41. The van der Waals surface area contributed by atoms with E-state index in [0.29, 0.717) is 42.1 Å². The van der Waals surface area contributed by atoms with Gasteiger partial charge in [-0.3, -0.25) is 14.5 Å². The van der Waals surface area contributed by atoms with Crippen LogP contribution in [0.4, 0.5) is 20.7 Å². The summed E-state index contributed by atoms with van der Waals surface area (Å²) in [6.07, 6.45) is 2.59. The lowest BCUT2D eigenvalue weighted by Gasteiger charge is -2.25. The zero-order valence-corrected chi connectivity index (χ0v) is 17.3. The van der Waals surface area contributed by atoms with Crippen molar-refractivity contribution in [2.75, 3.05) is 36.1 Å². The fourth-order valence-electron chi connectivity index (χ4n) is 3.41. The number of nitrogens with one attached hydrogen (secondary N) is 1. The molecule has 10 nitrogen and oxygen atoms in total. The Morgan fingerprint density at radius 2 is 2.16 bits per heavy atom. The number of amides is 3. The molecule has 1 saturated heterocycles. The predicted molar refractivity (Wildman–Crippen MR) is 115 cm³/mol. The second-order valence-electron chi connectivity index (χ2n) is 7.32. The highest BCUT2D eigenvalue weighted by atomic mass is 19.1. The van der Waals surface area contributed by atoms with Crippen LogP contribution >= 0.6 is 0 Å². The van der Waals surface area contributed by atoms with Crippen LogP contribution in [-0.4, -0.2) is 66.9 Å². The molecular weight excluding hydrogens is 419 g/mol. The Kier molecular flexibility index (Phi) is 5.97. The molecule has 0 spiro atoms. The summed E-state index contributed by atoms with van der Waals surface area (Å²) in [7, 11) is 0. The third-order valence-corrected chi connectivity index (χ3v) is 5.09. The van der Waals surface area contributed by atoms with Crippen LogP contribution in [0.5, 0.6) is 0 Å². The first-order valence-electron chi connectivity index (χ1n) is 9.96. The van der Waals surface area contributed by atoms with E-state index in [1.807, 2.05) is 0 Å². The van der Waals surface area contributed by atoms with E-state index in [1.54, 1.807) is 35.5 Å². The van der Waals surface area contributed by atoms with Gasteiger partial charge in [0.1, 0.15) is 24.1 Å². The summed E-state index contributed by atoms with van der Waals surface area (Å²) in [6.45, 7) is 2.79. The van der Waals surface area contributed by atoms with Gasteiger partial charge >= 0.3 is 6.09 Å². The van der Waals surface area contributed by atoms with Crippen molar-refractivity contribution in [3.63, 3.8) is 0 Å². The largest absolute Gasteiger partial charge is 0.442 e. The Labute approximate surface area is 183 Å². The number of ether oxygens (including phenoxy) is 1. The number of benzene rings is 1. The number of hydrazone groups is 1. The third-order valence-electron chi connectivity index (χ3n) is 5.09. The molecule has 1 aromatic heterocycles. The number of carbonyl (C=O) groups excluding carboxylic acids is 3. The maximum absolute atomic E-state index is 14.9. The number of anilines is 2. The molecular formula is C21H21FN6O4. The quantitative estimate of drug-likeness (QED) is 0.684. The highest BCUT2D eigenvalue weighted by Gasteiger charge is 2.32. The molecule has 32 heavy (non-hydrogen) atoms. The Balaban J connectivity index is 1.46. The first kappa shape index (κ1) is 21.2. The first-order chi connectivity index (χ1) is 15.4. The Hall–Kier alpha value is -4.02. The van der Waals surface area contributed by atoms with Crippen LogP contribution in [0.15, 0.2) is 41.6 Å². The molecule has 2 aliphatic heterocycles. The third kappa shape index (κ3) is 4.51. The molecule has 1 aromatic carbocycles. The zero-order chi connectivity index (χ0) is 22.7. The number of hydrogen-bond acceptors (Lipinski definition) is 7. The van der Waals surface area contributed by atoms with Crippen molar-refractivity contribution in [1.82, 2.24) is 15.2 Å². The second kappa shape index (κ2) is 9.00. The number of rotatable bonds is 6. The van der Waals surface area contributed by atoms with Gasteiger partial charge in [-0.2, -0.15) is 5.10 Å². The Bertz CT molecular complexity index is 1060. The molecule has 0 radical (unpaired) electrons. The van der Waals surface area contributed by atoms with Gasteiger partial charge in [-0.15, -0.1) is 0 Å². The average Bonchev–Trinajstić information content (AvgIpc) is 3.18. The summed E-state index contributed by atoms with van der Waals surface area (Å²) in [5.74, 6) is -0.144. The van der Waals surface area contributed by atoms with Gasteiger partial charge in [0.2, 0.25) is 12.3 Å². The maximum atomic E-state index is 14.9. The molecule has 11 heteroatoms. The van der Waals surface area contributed by atoms with Crippen molar-refractivity contribution in [3.8, 4) is 11.1 Å². The SMILES string of the molecule is CC(=O)NC[C@H]1CN(c2ccc(-c3ccc(N4CCN(C=O)C=N4)nc3)c(F)c2)C(=O)O1. The van der Waals surface area contributed by atoms with Gasteiger partial charge in [-0.05, 0) is 30.3 Å². The molecule has 0 saturated carbocycles. The fourth-order valence-corrected chi connectivity index (χ4v) is 3.41. The highest BCUT2D eigenvalue weighted by Crippen LogP contribution is 2.29. The van der Waals surface area contributed by atoms with Gasteiger partial charge in [0.15, 0.2) is 0 Å². The van der Waals surface area contributed by atoms with Crippen LogP contribution in [0.2, 0.25) is 0 Å². The minimum atomic E-state index is -0.589. The number of carbonyl (C=O) groups is 3. The molecule has 2 aliphatic rings. The molecule has 0 aliphatic carbocycles. The zero-order valence-electron chi connectivity index (χ0n) is 17.3. The minimum absolute atomic E-state index is 0.199.